The molecule has 1 aromatic carbocycles. The van der Waals surface area contributed by atoms with Crippen molar-refractivity contribution in [3.63, 3.8) is 0 Å². The van der Waals surface area contributed by atoms with Gasteiger partial charge in [0.2, 0.25) is 5.91 Å². The molecule has 5 nitrogen and oxygen atoms in total. The van der Waals surface area contributed by atoms with Crippen LogP contribution in [0.15, 0.2) is 18.2 Å². The second-order valence-electron chi connectivity index (χ2n) is 9.75. The Morgan fingerprint density at radius 1 is 1.07 bits per heavy atom. The summed E-state index contributed by atoms with van der Waals surface area (Å²) in [7, 11) is 0. The highest BCUT2D eigenvalue weighted by molar-refractivity contribution is 5.80. The highest BCUT2D eigenvalue weighted by Crippen LogP contribution is 2.57. The van der Waals surface area contributed by atoms with E-state index in [0.29, 0.717) is 37.9 Å². The predicted octanol–water partition coefficient (Wildman–Crippen LogP) is 3.72. The van der Waals surface area contributed by atoms with E-state index >= 15 is 0 Å². The molecule has 0 spiro atoms. The molecule has 2 fully saturated rings. The van der Waals surface area contributed by atoms with Crippen LogP contribution in [0.2, 0.25) is 0 Å². The van der Waals surface area contributed by atoms with Crippen molar-refractivity contribution >= 4 is 11.9 Å². The zero-order chi connectivity index (χ0) is 20.3. The van der Waals surface area contributed by atoms with Gasteiger partial charge in [0.1, 0.15) is 5.75 Å². The molecule has 1 amide bonds. The van der Waals surface area contributed by atoms with E-state index < -0.39 is 5.97 Å². The third-order valence-corrected chi connectivity index (χ3v) is 8.34. The van der Waals surface area contributed by atoms with E-state index in [9.17, 15) is 19.8 Å². The van der Waals surface area contributed by atoms with E-state index in [4.69, 9.17) is 0 Å². The summed E-state index contributed by atoms with van der Waals surface area (Å²) >= 11 is 0. The molecule has 0 unspecified atom stereocenters. The largest absolute Gasteiger partial charge is 0.508 e. The van der Waals surface area contributed by atoms with Crippen molar-refractivity contribution in [1.82, 2.24) is 4.90 Å². The number of carboxylic acids is 1. The number of phenols is 1. The van der Waals surface area contributed by atoms with Gasteiger partial charge in [0, 0.05) is 23.9 Å². The summed E-state index contributed by atoms with van der Waals surface area (Å²) in [5.41, 5.74) is 2.03. The Bertz CT molecular complexity index is 809. The lowest BCUT2D eigenvalue weighted by Crippen LogP contribution is -2.65. The molecule has 0 aromatic heterocycles. The fourth-order valence-electron chi connectivity index (χ4n) is 6.01. The van der Waals surface area contributed by atoms with E-state index in [1.165, 1.54) is 5.56 Å². The molecule has 28 heavy (non-hydrogen) atoms. The topological polar surface area (TPSA) is 77.8 Å². The monoisotopic (exact) mass is 385 g/mol. The lowest BCUT2D eigenvalue weighted by Gasteiger charge is -2.61. The van der Waals surface area contributed by atoms with Crippen LogP contribution in [0.25, 0.3) is 0 Å². The first-order valence-corrected chi connectivity index (χ1v) is 10.5. The standard InChI is InChI=1S/C23H31NO4/c1-22(2)19-13-16-17(5-4-6-18(16)25)23(22,3)11-12-24(19)20(26)14-7-9-15(10-8-14)21(27)28/h4-6,14-15,19,25H,7-13H2,1-3H3,(H,27,28)/t14?,15?,19-,23+/m1/s1. The lowest BCUT2D eigenvalue weighted by molar-refractivity contribution is -0.152. The number of carbonyl (C=O) groups excluding carboxylic acids is 1. The second-order valence-corrected chi connectivity index (χ2v) is 9.75. The maximum atomic E-state index is 13.4. The molecule has 2 atom stereocenters. The maximum Gasteiger partial charge on any atom is 0.306 e. The number of likely N-dealkylation sites (tertiary alicyclic amines) is 1. The van der Waals surface area contributed by atoms with Crippen LogP contribution in [-0.2, 0) is 21.4 Å². The Labute approximate surface area is 166 Å². The number of rotatable bonds is 2. The average molecular weight is 386 g/mol. The molecule has 2 bridgehead atoms. The normalized spacial score (nSPS) is 33.8. The van der Waals surface area contributed by atoms with Crippen molar-refractivity contribution < 1.29 is 19.8 Å². The summed E-state index contributed by atoms with van der Waals surface area (Å²) in [4.78, 5) is 26.7. The number of fused-ring (bicyclic) bond motifs is 4. The quantitative estimate of drug-likeness (QED) is 0.813. The summed E-state index contributed by atoms with van der Waals surface area (Å²) in [6, 6.07) is 5.86. The summed E-state index contributed by atoms with van der Waals surface area (Å²) in [6.07, 6.45) is 4.07. The first-order chi connectivity index (χ1) is 13.2. The smallest absolute Gasteiger partial charge is 0.306 e. The molecule has 1 aromatic rings. The number of piperidine rings is 1. The van der Waals surface area contributed by atoms with E-state index in [1.54, 1.807) is 6.07 Å². The van der Waals surface area contributed by atoms with E-state index in [1.807, 2.05) is 6.07 Å². The molecular formula is C23H31NO4. The molecule has 4 rings (SSSR count). The Morgan fingerprint density at radius 3 is 2.36 bits per heavy atom. The number of carbonyl (C=O) groups is 2. The number of benzene rings is 1. The van der Waals surface area contributed by atoms with Crippen LogP contribution in [0.5, 0.6) is 5.75 Å². The van der Waals surface area contributed by atoms with Gasteiger partial charge in [-0.05, 0) is 61.1 Å². The minimum atomic E-state index is -0.736. The highest BCUT2D eigenvalue weighted by atomic mass is 16.4. The number of hydrogen-bond acceptors (Lipinski definition) is 3. The fourth-order valence-corrected chi connectivity index (χ4v) is 6.01. The van der Waals surface area contributed by atoms with Gasteiger partial charge in [-0.2, -0.15) is 0 Å². The zero-order valence-electron chi connectivity index (χ0n) is 17.1. The van der Waals surface area contributed by atoms with Crippen LogP contribution in [0.4, 0.5) is 0 Å². The molecule has 5 heteroatoms. The number of hydrogen-bond donors (Lipinski definition) is 2. The summed E-state index contributed by atoms with van der Waals surface area (Å²) < 4.78 is 0. The number of amides is 1. The van der Waals surface area contributed by atoms with Gasteiger partial charge in [-0.3, -0.25) is 9.59 Å². The Morgan fingerprint density at radius 2 is 1.71 bits per heavy atom. The van der Waals surface area contributed by atoms with Crippen LogP contribution in [0.3, 0.4) is 0 Å². The van der Waals surface area contributed by atoms with Gasteiger partial charge in [-0.15, -0.1) is 0 Å². The van der Waals surface area contributed by atoms with E-state index in [2.05, 4.69) is 31.7 Å². The minimum Gasteiger partial charge on any atom is -0.508 e. The third-order valence-electron chi connectivity index (χ3n) is 8.34. The number of carboxylic acid groups (broad SMARTS) is 1. The van der Waals surface area contributed by atoms with Crippen LogP contribution in [-0.4, -0.2) is 39.6 Å². The van der Waals surface area contributed by atoms with Gasteiger partial charge in [0.25, 0.3) is 0 Å². The van der Waals surface area contributed by atoms with Gasteiger partial charge in [0.15, 0.2) is 0 Å². The summed E-state index contributed by atoms with van der Waals surface area (Å²) in [5.74, 6) is -0.589. The molecule has 1 saturated carbocycles. The second kappa shape index (κ2) is 6.50. The molecule has 1 saturated heterocycles. The molecular weight excluding hydrogens is 354 g/mol. The highest BCUT2D eigenvalue weighted by Gasteiger charge is 2.57. The Hall–Kier alpha value is -2.04. The van der Waals surface area contributed by atoms with Gasteiger partial charge in [-0.1, -0.05) is 32.9 Å². The van der Waals surface area contributed by atoms with Crippen LogP contribution >= 0.6 is 0 Å². The number of nitrogens with zero attached hydrogens (tertiary/aromatic N) is 1. The number of phenolic OH excluding ortho intramolecular Hbond substituents is 1. The van der Waals surface area contributed by atoms with Gasteiger partial charge in [-0.25, -0.2) is 0 Å². The number of aromatic hydroxyl groups is 1. The van der Waals surface area contributed by atoms with Crippen molar-refractivity contribution in [2.75, 3.05) is 6.54 Å². The van der Waals surface area contributed by atoms with E-state index in [0.717, 1.165) is 18.5 Å². The lowest BCUT2D eigenvalue weighted by atomic mass is 9.51. The van der Waals surface area contributed by atoms with Crippen molar-refractivity contribution in [3.05, 3.63) is 29.3 Å². The molecule has 152 valence electrons. The minimum absolute atomic E-state index is 0.0525. The summed E-state index contributed by atoms with van der Waals surface area (Å²) in [6.45, 7) is 7.52. The van der Waals surface area contributed by atoms with Crippen LogP contribution in [0.1, 0.15) is 64.0 Å². The summed E-state index contributed by atoms with van der Waals surface area (Å²) in [5, 5.41) is 19.7. The van der Waals surface area contributed by atoms with Crippen molar-refractivity contribution in [3.8, 4) is 5.75 Å². The van der Waals surface area contributed by atoms with Crippen molar-refractivity contribution in [1.29, 1.82) is 0 Å². The maximum absolute atomic E-state index is 13.4. The fraction of sp³-hybridized carbons (Fsp3) is 0.652. The van der Waals surface area contributed by atoms with Gasteiger partial charge in [0.05, 0.1) is 5.92 Å². The zero-order valence-corrected chi connectivity index (χ0v) is 17.1. The molecule has 1 heterocycles. The molecule has 1 aliphatic heterocycles. The first-order valence-electron chi connectivity index (χ1n) is 10.5. The number of aliphatic carboxylic acids is 1. The van der Waals surface area contributed by atoms with Gasteiger partial charge < -0.3 is 15.1 Å². The Kier molecular flexibility index (Phi) is 4.48. The molecule has 0 radical (unpaired) electrons. The molecule has 2 aliphatic carbocycles. The van der Waals surface area contributed by atoms with Crippen LogP contribution in [0, 0.1) is 17.3 Å². The van der Waals surface area contributed by atoms with Crippen LogP contribution < -0.4 is 0 Å². The SMILES string of the molecule is CC1(C)[C@H]2Cc3c(O)cccc3[C@]1(C)CCN2C(=O)C1CCC(C(=O)O)CC1. The van der Waals surface area contributed by atoms with Crippen molar-refractivity contribution in [2.45, 2.75) is 70.8 Å². The van der Waals surface area contributed by atoms with Gasteiger partial charge >= 0.3 is 5.97 Å². The van der Waals surface area contributed by atoms with Crippen molar-refractivity contribution in [2.24, 2.45) is 17.3 Å². The average Bonchev–Trinajstić information content (AvgIpc) is 2.65. The third kappa shape index (κ3) is 2.66. The van der Waals surface area contributed by atoms with E-state index in [-0.39, 0.29) is 34.6 Å². The first kappa shape index (κ1) is 19.3. The predicted molar refractivity (Wildman–Crippen MR) is 106 cm³/mol. The molecule has 3 aliphatic rings. The Balaban J connectivity index is 1.61. The molecule has 2 N–H and O–H groups in total.